The lowest BCUT2D eigenvalue weighted by atomic mass is 9.81. The molecule has 10 heteroatoms. The van der Waals surface area contributed by atoms with Crippen molar-refractivity contribution >= 4 is 36.7 Å². The Morgan fingerprint density at radius 2 is 1.64 bits per heavy atom. The van der Waals surface area contributed by atoms with Crippen LogP contribution < -0.4 is 4.90 Å². The van der Waals surface area contributed by atoms with Crippen molar-refractivity contribution in [3.63, 3.8) is 0 Å². The van der Waals surface area contributed by atoms with E-state index in [1.54, 1.807) is 4.90 Å². The van der Waals surface area contributed by atoms with Gasteiger partial charge in [0.25, 0.3) is 0 Å². The van der Waals surface area contributed by atoms with Crippen LogP contribution in [0, 0.1) is 11.8 Å². The average Bonchev–Trinajstić information content (AvgIpc) is 3.14. The summed E-state index contributed by atoms with van der Waals surface area (Å²) < 4.78 is 16.1. The first-order chi connectivity index (χ1) is 15.3. The van der Waals surface area contributed by atoms with Gasteiger partial charge < -0.3 is 19.8 Å². The van der Waals surface area contributed by atoms with Gasteiger partial charge in [-0.15, -0.1) is 11.3 Å². The summed E-state index contributed by atoms with van der Waals surface area (Å²) in [5.41, 5.74) is 0.206. The standard InChI is InChI=1S/C23H36NO7PS/c1-14-5-7-15(8-6-14)21(25)24(16-9-11-17(12-10-16)31-32(28,29)30)18-13-19(23(2,3)4)33-20(18)22(26)27/h13-17H,5-12H2,1-4H3,(H,26,27)(H2,28,29,30). The summed E-state index contributed by atoms with van der Waals surface area (Å²) in [6.45, 7) is 8.26. The van der Waals surface area contributed by atoms with Gasteiger partial charge in [0.15, 0.2) is 0 Å². The predicted molar refractivity (Wildman–Crippen MR) is 128 cm³/mol. The van der Waals surface area contributed by atoms with Gasteiger partial charge in [-0.1, -0.05) is 27.7 Å². The van der Waals surface area contributed by atoms with Gasteiger partial charge in [0.05, 0.1) is 11.8 Å². The predicted octanol–water partition coefficient (Wildman–Crippen LogP) is 5.32. The molecule has 0 saturated heterocycles. The lowest BCUT2D eigenvalue weighted by Gasteiger charge is -2.39. The first kappa shape index (κ1) is 26.4. The fraction of sp³-hybridized carbons (Fsp3) is 0.739. The van der Waals surface area contributed by atoms with Crippen LogP contribution in [0.2, 0.25) is 0 Å². The fourth-order valence-electron chi connectivity index (χ4n) is 4.89. The molecule has 33 heavy (non-hydrogen) atoms. The van der Waals surface area contributed by atoms with E-state index < -0.39 is 19.9 Å². The summed E-state index contributed by atoms with van der Waals surface area (Å²) in [5, 5.41) is 9.95. The zero-order chi connectivity index (χ0) is 24.6. The Kier molecular flexibility index (Phi) is 8.12. The van der Waals surface area contributed by atoms with Gasteiger partial charge in [-0.3, -0.25) is 9.32 Å². The number of anilines is 1. The van der Waals surface area contributed by atoms with Gasteiger partial charge in [-0.2, -0.15) is 0 Å². The summed E-state index contributed by atoms with van der Waals surface area (Å²) in [4.78, 5) is 47.1. The van der Waals surface area contributed by atoms with Crippen LogP contribution in [0.1, 0.15) is 93.6 Å². The molecule has 0 atom stereocenters. The molecule has 1 amide bonds. The summed E-state index contributed by atoms with van der Waals surface area (Å²) in [5.74, 6) is -0.614. The third-order valence-corrected chi connectivity index (χ3v) is 8.91. The van der Waals surface area contributed by atoms with E-state index in [0.717, 1.165) is 30.6 Å². The number of nitrogens with zero attached hydrogens (tertiary/aromatic N) is 1. The van der Waals surface area contributed by atoms with E-state index in [4.69, 9.17) is 14.3 Å². The van der Waals surface area contributed by atoms with Crippen molar-refractivity contribution in [1.82, 2.24) is 0 Å². The third-order valence-electron chi connectivity index (χ3n) is 6.80. The molecule has 0 aliphatic heterocycles. The normalized spacial score (nSPS) is 26.7. The molecule has 2 fully saturated rings. The molecule has 0 radical (unpaired) electrons. The van der Waals surface area contributed by atoms with E-state index in [1.807, 2.05) is 26.8 Å². The SMILES string of the molecule is CC1CCC(C(=O)N(c2cc(C(C)(C)C)sc2C(=O)O)C2CCC(OP(=O)(O)O)CC2)CC1. The molecule has 1 aromatic rings. The molecule has 1 aromatic heterocycles. The maximum absolute atomic E-state index is 13.8. The van der Waals surface area contributed by atoms with Gasteiger partial charge in [0.1, 0.15) is 4.88 Å². The first-order valence-corrected chi connectivity index (χ1v) is 14.1. The highest BCUT2D eigenvalue weighted by atomic mass is 32.1. The Morgan fingerprint density at radius 1 is 1.06 bits per heavy atom. The van der Waals surface area contributed by atoms with E-state index in [-0.39, 0.29) is 28.2 Å². The number of carboxylic acid groups (broad SMARTS) is 1. The number of carboxylic acids is 1. The third kappa shape index (κ3) is 6.67. The second-order valence-electron chi connectivity index (χ2n) is 10.6. The van der Waals surface area contributed by atoms with Crippen molar-refractivity contribution in [3.8, 4) is 0 Å². The smallest absolute Gasteiger partial charge is 0.469 e. The number of phosphoric ester groups is 1. The van der Waals surface area contributed by atoms with Gasteiger partial charge in [-0.25, -0.2) is 9.36 Å². The minimum absolute atomic E-state index is 0.0259. The lowest BCUT2D eigenvalue weighted by molar-refractivity contribution is -0.124. The number of rotatable bonds is 6. The van der Waals surface area contributed by atoms with Crippen molar-refractivity contribution < 1.29 is 33.6 Å². The summed E-state index contributed by atoms with van der Waals surface area (Å²) in [6, 6.07) is 1.63. The molecular formula is C23H36NO7PS. The van der Waals surface area contributed by atoms with Crippen LogP contribution in [0.25, 0.3) is 0 Å². The lowest BCUT2D eigenvalue weighted by Crippen LogP contribution is -2.47. The number of thiophene rings is 1. The molecule has 8 nitrogen and oxygen atoms in total. The van der Waals surface area contributed by atoms with Crippen molar-refractivity contribution in [3.05, 3.63) is 15.8 Å². The summed E-state index contributed by atoms with van der Waals surface area (Å²) in [7, 11) is -4.58. The van der Waals surface area contributed by atoms with Crippen LogP contribution in [-0.4, -0.2) is 38.9 Å². The maximum Gasteiger partial charge on any atom is 0.469 e. The largest absolute Gasteiger partial charge is 0.477 e. The zero-order valence-electron chi connectivity index (χ0n) is 19.8. The summed E-state index contributed by atoms with van der Waals surface area (Å²) >= 11 is 1.22. The molecule has 2 aliphatic carbocycles. The minimum atomic E-state index is -4.58. The number of carbonyl (C=O) groups is 2. The zero-order valence-corrected chi connectivity index (χ0v) is 21.5. The van der Waals surface area contributed by atoms with E-state index in [2.05, 4.69) is 6.92 Å². The van der Waals surface area contributed by atoms with E-state index >= 15 is 0 Å². The first-order valence-electron chi connectivity index (χ1n) is 11.7. The average molecular weight is 502 g/mol. The number of carbonyl (C=O) groups excluding carboxylic acids is 1. The number of phosphoric acid groups is 1. The molecule has 3 N–H and O–H groups in total. The summed E-state index contributed by atoms with van der Waals surface area (Å²) in [6.07, 6.45) is 4.79. The Hall–Kier alpha value is -1.25. The fourth-order valence-corrected chi connectivity index (χ4v) is 6.53. The Balaban J connectivity index is 1.94. The van der Waals surface area contributed by atoms with Crippen LogP contribution >= 0.6 is 19.2 Å². The van der Waals surface area contributed by atoms with Crippen molar-refractivity contribution in [2.75, 3.05) is 4.90 Å². The number of hydrogen-bond donors (Lipinski definition) is 3. The van der Waals surface area contributed by atoms with Crippen LogP contribution in [0.15, 0.2) is 6.07 Å². The van der Waals surface area contributed by atoms with E-state index in [0.29, 0.717) is 37.3 Å². The monoisotopic (exact) mass is 501 g/mol. The second-order valence-corrected chi connectivity index (χ2v) is 12.8. The van der Waals surface area contributed by atoms with Gasteiger partial charge in [0, 0.05) is 16.8 Å². The van der Waals surface area contributed by atoms with Gasteiger partial charge >= 0.3 is 13.8 Å². The molecule has 0 unspecified atom stereocenters. The van der Waals surface area contributed by atoms with Crippen LogP contribution in [0.3, 0.4) is 0 Å². The number of amides is 1. The Bertz CT molecular complexity index is 902. The van der Waals surface area contributed by atoms with Crippen molar-refractivity contribution in [2.45, 2.75) is 96.6 Å². The second kappa shape index (κ2) is 10.2. The Morgan fingerprint density at radius 3 is 2.12 bits per heavy atom. The topological polar surface area (TPSA) is 124 Å². The molecule has 0 spiro atoms. The highest BCUT2D eigenvalue weighted by Crippen LogP contribution is 2.44. The molecule has 2 saturated carbocycles. The van der Waals surface area contributed by atoms with Crippen molar-refractivity contribution in [2.24, 2.45) is 11.8 Å². The van der Waals surface area contributed by atoms with Crippen LogP contribution in [0.5, 0.6) is 0 Å². The number of hydrogen-bond acceptors (Lipinski definition) is 5. The molecule has 0 aromatic carbocycles. The van der Waals surface area contributed by atoms with E-state index in [1.165, 1.54) is 11.3 Å². The molecule has 186 valence electrons. The quantitative estimate of drug-likeness (QED) is 0.450. The van der Waals surface area contributed by atoms with Crippen molar-refractivity contribution in [1.29, 1.82) is 0 Å². The van der Waals surface area contributed by atoms with Crippen LogP contribution in [0.4, 0.5) is 5.69 Å². The molecular weight excluding hydrogens is 465 g/mol. The highest BCUT2D eigenvalue weighted by Gasteiger charge is 2.39. The number of aromatic carboxylic acids is 1. The molecule has 0 bridgehead atoms. The molecule has 1 heterocycles. The highest BCUT2D eigenvalue weighted by molar-refractivity contribution is 7.46. The maximum atomic E-state index is 13.8. The van der Waals surface area contributed by atoms with Crippen LogP contribution in [-0.2, 0) is 19.3 Å². The minimum Gasteiger partial charge on any atom is -0.477 e. The molecule has 2 aliphatic rings. The van der Waals surface area contributed by atoms with Gasteiger partial charge in [-0.05, 0) is 68.8 Å². The van der Waals surface area contributed by atoms with Gasteiger partial charge in [0.2, 0.25) is 5.91 Å². The van der Waals surface area contributed by atoms with E-state index in [9.17, 15) is 19.3 Å². The molecule has 3 rings (SSSR count). The Labute approximate surface area is 199 Å².